The molecule has 124 valence electrons. The predicted molar refractivity (Wildman–Crippen MR) is 87.5 cm³/mol. The van der Waals surface area contributed by atoms with Crippen LogP contribution in [0.1, 0.15) is 43.9 Å². The van der Waals surface area contributed by atoms with E-state index in [1.807, 2.05) is 24.2 Å². The number of nitrogens with zero attached hydrogens (tertiary/aromatic N) is 3. The molecule has 3 rings (SSSR count). The molecule has 1 aliphatic carbocycles. The van der Waals surface area contributed by atoms with Crippen molar-refractivity contribution in [2.45, 2.75) is 51.6 Å². The Morgan fingerprint density at radius 1 is 1.35 bits per heavy atom. The molecule has 2 fully saturated rings. The van der Waals surface area contributed by atoms with E-state index >= 15 is 0 Å². The quantitative estimate of drug-likeness (QED) is 0.835. The molecule has 5 nitrogen and oxygen atoms in total. The van der Waals surface area contributed by atoms with Crippen LogP contribution in [0.3, 0.4) is 0 Å². The first-order valence-electron chi connectivity index (χ1n) is 8.56. The van der Waals surface area contributed by atoms with E-state index in [1.165, 1.54) is 5.56 Å². The summed E-state index contributed by atoms with van der Waals surface area (Å²) in [5.41, 5.74) is 2.11. The van der Waals surface area contributed by atoms with Gasteiger partial charge in [0, 0.05) is 32.3 Å². The molecule has 1 unspecified atom stereocenters. The highest BCUT2D eigenvalue weighted by Gasteiger charge is 2.39. The van der Waals surface area contributed by atoms with E-state index in [0.29, 0.717) is 32.0 Å². The SMILES string of the molecule is CCc1ccc(CN(C)C(=O)C2CCC(=O)N(C3CC3)C2)nc1. The second-order valence-electron chi connectivity index (χ2n) is 6.72. The maximum atomic E-state index is 12.7. The van der Waals surface area contributed by atoms with Crippen LogP contribution in [-0.2, 0) is 22.6 Å². The van der Waals surface area contributed by atoms with Gasteiger partial charge >= 0.3 is 0 Å². The Hall–Kier alpha value is -1.91. The fraction of sp³-hybridized carbons (Fsp3) is 0.611. The van der Waals surface area contributed by atoms with Crippen LogP contribution >= 0.6 is 0 Å². The van der Waals surface area contributed by atoms with Crippen LogP contribution in [0.2, 0.25) is 0 Å². The predicted octanol–water partition coefficient (Wildman–Crippen LogP) is 2.00. The van der Waals surface area contributed by atoms with Crippen molar-refractivity contribution in [2.75, 3.05) is 13.6 Å². The van der Waals surface area contributed by atoms with Gasteiger partial charge in [0.2, 0.25) is 11.8 Å². The number of rotatable bonds is 5. The Bertz CT molecular complexity index is 580. The van der Waals surface area contributed by atoms with Crippen molar-refractivity contribution in [1.29, 1.82) is 0 Å². The molecule has 2 aliphatic rings. The molecule has 0 spiro atoms. The summed E-state index contributed by atoms with van der Waals surface area (Å²) >= 11 is 0. The zero-order valence-electron chi connectivity index (χ0n) is 14.0. The minimum absolute atomic E-state index is 0.0618. The van der Waals surface area contributed by atoms with Crippen molar-refractivity contribution >= 4 is 11.8 Å². The van der Waals surface area contributed by atoms with Gasteiger partial charge in [-0.05, 0) is 37.3 Å². The molecule has 0 radical (unpaired) electrons. The Morgan fingerprint density at radius 2 is 2.13 bits per heavy atom. The number of carbonyl (C=O) groups is 2. The van der Waals surface area contributed by atoms with Crippen LogP contribution in [-0.4, -0.2) is 46.2 Å². The zero-order chi connectivity index (χ0) is 16.4. The highest BCUT2D eigenvalue weighted by Crippen LogP contribution is 2.32. The third-order valence-corrected chi connectivity index (χ3v) is 4.85. The molecular weight excluding hydrogens is 290 g/mol. The highest BCUT2D eigenvalue weighted by atomic mass is 16.2. The molecule has 1 atom stereocenters. The summed E-state index contributed by atoms with van der Waals surface area (Å²) in [7, 11) is 1.83. The lowest BCUT2D eigenvalue weighted by Gasteiger charge is -2.34. The monoisotopic (exact) mass is 315 g/mol. The van der Waals surface area contributed by atoms with Crippen molar-refractivity contribution in [2.24, 2.45) is 5.92 Å². The lowest BCUT2D eigenvalue weighted by Crippen LogP contribution is -2.46. The molecule has 1 aromatic rings. The van der Waals surface area contributed by atoms with E-state index in [4.69, 9.17) is 0 Å². The Balaban J connectivity index is 1.58. The lowest BCUT2D eigenvalue weighted by molar-refractivity contribution is -0.143. The van der Waals surface area contributed by atoms with E-state index in [2.05, 4.69) is 18.0 Å². The van der Waals surface area contributed by atoms with Crippen LogP contribution in [0.5, 0.6) is 0 Å². The fourth-order valence-corrected chi connectivity index (χ4v) is 3.20. The summed E-state index contributed by atoms with van der Waals surface area (Å²) < 4.78 is 0. The van der Waals surface area contributed by atoms with Crippen molar-refractivity contribution in [1.82, 2.24) is 14.8 Å². The Morgan fingerprint density at radius 3 is 2.74 bits per heavy atom. The molecule has 0 aromatic carbocycles. The highest BCUT2D eigenvalue weighted by molar-refractivity contribution is 5.84. The summed E-state index contributed by atoms with van der Waals surface area (Å²) in [6.07, 6.45) is 6.21. The smallest absolute Gasteiger partial charge is 0.227 e. The minimum Gasteiger partial charge on any atom is -0.340 e. The number of hydrogen-bond donors (Lipinski definition) is 0. The first kappa shape index (κ1) is 16.0. The molecule has 1 saturated carbocycles. The topological polar surface area (TPSA) is 53.5 Å². The number of likely N-dealkylation sites (tertiary alicyclic amines) is 1. The van der Waals surface area contributed by atoms with Crippen LogP contribution in [0.15, 0.2) is 18.3 Å². The van der Waals surface area contributed by atoms with Gasteiger partial charge in [-0.3, -0.25) is 14.6 Å². The Labute approximate surface area is 137 Å². The first-order valence-corrected chi connectivity index (χ1v) is 8.56. The third-order valence-electron chi connectivity index (χ3n) is 4.85. The third kappa shape index (κ3) is 3.71. The van der Waals surface area contributed by atoms with Gasteiger partial charge in [-0.15, -0.1) is 0 Å². The van der Waals surface area contributed by atoms with Gasteiger partial charge in [-0.2, -0.15) is 0 Å². The molecule has 1 saturated heterocycles. The number of aryl methyl sites for hydroxylation is 1. The van der Waals surface area contributed by atoms with Gasteiger partial charge < -0.3 is 9.80 Å². The molecule has 2 heterocycles. The summed E-state index contributed by atoms with van der Waals surface area (Å²) in [5.74, 6) is 0.286. The van der Waals surface area contributed by atoms with Crippen LogP contribution in [0.4, 0.5) is 0 Å². The molecule has 23 heavy (non-hydrogen) atoms. The summed E-state index contributed by atoms with van der Waals surface area (Å²) in [5, 5.41) is 0. The second-order valence-corrected chi connectivity index (χ2v) is 6.72. The molecule has 0 bridgehead atoms. The van der Waals surface area contributed by atoms with E-state index in [9.17, 15) is 9.59 Å². The molecular formula is C18H25N3O2. The average molecular weight is 315 g/mol. The van der Waals surface area contributed by atoms with Gasteiger partial charge in [0.25, 0.3) is 0 Å². The molecule has 1 aliphatic heterocycles. The minimum atomic E-state index is -0.0618. The van der Waals surface area contributed by atoms with Gasteiger partial charge in [0.15, 0.2) is 0 Å². The fourth-order valence-electron chi connectivity index (χ4n) is 3.20. The second kappa shape index (κ2) is 6.69. The van der Waals surface area contributed by atoms with E-state index in [1.54, 1.807) is 4.90 Å². The summed E-state index contributed by atoms with van der Waals surface area (Å²) in [6, 6.07) is 4.45. The van der Waals surface area contributed by atoms with Crippen molar-refractivity contribution in [3.8, 4) is 0 Å². The number of aromatic nitrogens is 1. The molecule has 2 amide bonds. The zero-order valence-corrected chi connectivity index (χ0v) is 14.0. The van der Waals surface area contributed by atoms with E-state index in [0.717, 1.165) is 25.0 Å². The van der Waals surface area contributed by atoms with Crippen LogP contribution in [0.25, 0.3) is 0 Å². The van der Waals surface area contributed by atoms with E-state index < -0.39 is 0 Å². The number of carbonyl (C=O) groups excluding carboxylic acids is 2. The number of hydrogen-bond acceptors (Lipinski definition) is 3. The summed E-state index contributed by atoms with van der Waals surface area (Å²) in [4.78, 5) is 32.7. The lowest BCUT2D eigenvalue weighted by atomic mass is 9.96. The van der Waals surface area contributed by atoms with Gasteiger partial charge in [0.1, 0.15) is 0 Å². The van der Waals surface area contributed by atoms with Gasteiger partial charge in [-0.25, -0.2) is 0 Å². The normalized spacial score (nSPS) is 21.4. The number of pyridine rings is 1. The molecule has 1 aromatic heterocycles. The summed E-state index contributed by atoms with van der Waals surface area (Å²) in [6.45, 7) is 3.22. The van der Waals surface area contributed by atoms with Crippen molar-refractivity contribution in [3.63, 3.8) is 0 Å². The number of piperidine rings is 1. The van der Waals surface area contributed by atoms with Crippen LogP contribution < -0.4 is 0 Å². The Kier molecular flexibility index (Phi) is 4.64. The van der Waals surface area contributed by atoms with Gasteiger partial charge in [0.05, 0.1) is 18.2 Å². The molecule has 0 N–H and O–H groups in total. The standard InChI is InChI=1S/C18H25N3O2/c1-3-13-4-6-15(19-10-13)12-20(2)18(23)14-5-9-17(22)21(11-14)16-7-8-16/h4,6,10,14,16H,3,5,7-9,11-12H2,1-2H3. The maximum absolute atomic E-state index is 12.7. The number of amides is 2. The van der Waals surface area contributed by atoms with E-state index in [-0.39, 0.29) is 17.7 Å². The maximum Gasteiger partial charge on any atom is 0.227 e. The molecule has 5 heteroatoms. The van der Waals surface area contributed by atoms with Crippen molar-refractivity contribution < 1.29 is 9.59 Å². The van der Waals surface area contributed by atoms with Crippen LogP contribution in [0, 0.1) is 5.92 Å². The largest absolute Gasteiger partial charge is 0.340 e. The first-order chi connectivity index (χ1) is 11.1. The average Bonchev–Trinajstić information content (AvgIpc) is 3.40. The van der Waals surface area contributed by atoms with Crippen molar-refractivity contribution in [3.05, 3.63) is 29.6 Å². The van der Waals surface area contributed by atoms with Gasteiger partial charge in [-0.1, -0.05) is 13.0 Å².